The molecule has 0 aromatic carbocycles. The number of hydrogen-bond donors (Lipinski definition) is 0. The Hall–Kier alpha value is -2.02. The minimum Gasteiger partial charge on any atom is -0.375 e. The molecule has 0 aliphatic carbocycles. The van der Waals surface area contributed by atoms with Crippen molar-refractivity contribution >= 4 is 11.3 Å². The topological polar surface area (TPSA) is 43.2 Å². The van der Waals surface area contributed by atoms with Crippen LogP contribution in [-0.4, -0.2) is 32.6 Å². The van der Waals surface area contributed by atoms with Crippen LogP contribution in [0.3, 0.4) is 0 Å². The third-order valence-electron chi connectivity index (χ3n) is 4.47. The molecule has 0 saturated carbocycles. The molecular formula is C19H22N4OS. The van der Waals surface area contributed by atoms with Gasteiger partial charge in [-0.3, -0.25) is 9.88 Å². The molecule has 1 aliphatic rings. The van der Waals surface area contributed by atoms with Crippen molar-refractivity contribution in [3.05, 3.63) is 70.7 Å². The van der Waals surface area contributed by atoms with Crippen LogP contribution < -0.4 is 0 Å². The Morgan fingerprint density at radius 1 is 1.24 bits per heavy atom. The van der Waals surface area contributed by atoms with Crippen molar-refractivity contribution in [3.8, 4) is 0 Å². The van der Waals surface area contributed by atoms with Gasteiger partial charge in [-0.25, -0.2) is 4.98 Å². The lowest BCUT2D eigenvalue weighted by molar-refractivity contribution is 0.0649. The molecule has 1 aliphatic heterocycles. The molecule has 0 spiro atoms. The molecular weight excluding hydrogens is 332 g/mol. The number of imidazole rings is 1. The van der Waals surface area contributed by atoms with Gasteiger partial charge in [-0.15, -0.1) is 0 Å². The van der Waals surface area contributed by atoms with E-state index in [1.807, 2.05) is 36.9 Å². The number of fused-ring (bicyclic) bond motifs is 1. The molecule has 130 valence electrons. The van der Waals surface area contributed by atoms with Crippen LogP contribution in [0.25, 0.3) is 0 Å². The summed E-state index contributed by atoms with van der Waals surface area (Å²) >= 11 is 1.76. The molecule has 25 heavy (non-hydrogen) atoms. The van der Waals surface area contributed by atoms with Gasteiger partial charge >= 0.3 is 0 Å². The van der Waals surface area contributed by atoms with E-state index in [9.17, 15) is 0 Å². The van der Waals surface area contributed by atoms with Gasteiger partial charge in [-0.1, -0.05) is 6.07 Å². The summed E-state index contributed by atoms with van der Waals surface area (Å²) in [6.45, 7) is 5.20. The van der Waals surface area contributed by atoms with Crippen LogP contribution in [0.1, 0.15) is 17.0 Å². The highest BCUT2D eigenvalue weighted by molar-refractivity contribution is 7.07. The van der Waals surface area contributed by atoms with Crippen molar-refractivity contribution < 1.29 is 4.74 Å². The highest BCUT2D eigenvalue weighted by Crippen LogP contribution is 2.20. The number of hydrogen-bond acceptors (Lipinski definition) is 5. The second kappa shape index (κ2) is 7.91. The first-order valence-electron chi connectivity index (χ1n) is 8.57. The van der Waals surface area contributed by atoms with Crippen molar-refractivity contribution in [3.63, 3.8) is 0 Å². The van der Waals surface area contributed by atoms with Crippen LogP contribution >= 0.6 is 11.3 Å². The molecule has 5 nitrogen and oxygen atoms in total. The van der Waals surface area contributed by atoms with Crippen molar-refractivity contribution in [1.29, 1.82) is 0 Å². The summed E-state index contributed by atoms with van der Waals surface area (Å²) in [6.07, 6.45) is 5.73. The molecule has 4 heterocycles. The zero-order valence-corrected chi connectivity index (χ0v) is 14.9. The van der Waals surface area contributed by atoms with Gasteiger partial charge in [0.25, 0.3) is 0 Å². The summed E-state index contributed by atoms with van der Waals surface area (Å²) in [4.78, 5) is 11.1. The van der Waals surface area contributed by atoms with E-state index in [-0.39, 0.29) is 0 Å². The van der Waals surface area contributed by atoms with E-state index in [1.165, 1.54) is 11.3 Å². The fraction of sp³-hybridized carbons (Fsp3) is 0.368. The van der Waals surface area contributed by atoms with Crippen molar-refractivity contribution in [2.75, 3.05) is 13.2 Å². The van der Waals surface area contributed by atoms with Crippen molar-refractivity contribution in [2.24, 2.45) is 5.92 Å². The van der Waals surface area contributed by atoms with E-state index in [0.29, 0.717) is 12.5 Å². The summed E-state index contributed by atoms with van der Waals surface area (Å²) in [5.41, 5.74) is 3.64. The fourth-order valence-corrected chi connectivity index (χ4v) is 3.98. The summed E-state index contributed by atoms with van der Waals surface area (Å²) in [7, 11) is 0. The van der Waals surface area contributed by atoms with E-state index in [1.54, 1.807) is 11.3 Å². The van der Waals surface area contributed by atoms with Crippen LogP contribution in [0.5, 0.6) is 0 Å². The third-order valence-corrected chi connectivity index (χ3v) is 5.20. The average Bonchev–Trinajstić information content (AvgIpc) is 3.25. The molecule has 0 saturated heterocycles. The van der Waals surface area contributed by atoms with Crippen LogP contribution in [0.4, 0.5) is 0 Å². The van der Waals surface area contributed by atoms with Crippen LogP contribution in [-0.2, 0) is 31.0 Å². The quantitative estimate of drug-likeness (QED) is 0.682. The molecule has 0 unspecified atom stereocenters. The zero-order valence-electron chi connectivity index (χ0n) is 14.1. The van der Waals surface area contributed by atoms with E-state index in [2.05, 4.69) is 36.3 Å². The van der Waals surface area contributed by atoms with Crippen LogP contribution in [0.15, 0.2) is 53.7 Å². The number of aromatic nitrogens is 3. The largest absolute Gasteiger partial charge is 0.375 e. The number of thiophene rings is 1. The van der Waals surface area contributed by atoms with Gasteiger partial charge < -0.3 is 9.30 Å². The summed E-state index contributed by atoms with van der Waals surface area (Å²) in [5.74, 6) is 0.442. The number of nitrogens with zero attached hydrogens (tertiary/aromatic N) is 4. The lowest BCUT2D eigenvalue weighted by Crippen LogP contribution is -2.29. The first-order valence-corrected chi connectivity index (χ1v) is 9.51. The fourth-order valence-electron chi connectivity index (χ4n) is 3.32. The molecule has 0 fully saturated rings. The van der Waals surface area contributed by atoms with Gasteiger partial charge in [0.2, 0.25) is 0 Å². The molecule has 0 bridgehead atoms. The second-order valence-electron chi connectivity index (χ2n) is 6.54. The van der Waals surface area contributed by atoms with Gasteiger partial charge in [-0.2, -0.15) is 11.3 Å². The Morgan fingerprint density at radius 3 is 3.08 bits per heavy atom. The first-order chi connectivity index (χ1) is 12.4. The highest BCUT2D eigenvalue weighted by Gasteiger charge is 2.22. The minimum absolute atomic E-state index is 0.442. The maximum Gasteiger partial charge on any atom is 0.0948 e. The van der Waals surface area contributed by atoms with Gasteiger partial charge in [0.1, 0.15) is 0 Å². The maximum atomic E-state index is 5.97. The predicted octanol–water partition coefficient (Wildman–Crippen LogP) is 3.19. The van der Waals surface area contributed by atoms with Crippen molar-refractivity contribution in [2.45, 2.75) is 26.2 Å². The molecule has 0 amide bonds. The number of ether oxygens (including phenoxy) is 1. The molecule has 3 aromatic heterocycles. The molecule has 0 radical (unpaired) electrons. The first kappa shape index (κ1) is 16.4. The van der Waals surface area contributed by atoms with Crippen molar-refractivity contribution in [1.82, 2.24) is 19.4 Å². The average molecular weight is 354 g/mol. The molecule has 0 N–H and O–H groups in total. The summed E-state index contributed by atoms with van der Waals surface area (Å²) < 4.78 is 8.24. The molecule has 6 heteroatoms. The van der Waals surface area contributed by atoms with Crippen LogP contribution in [0, 0.1) is 5.92 Å². The number of rotatable bonds is 6. The Morgan fingerprint density at radius 2 is 2.24 bits per heavy atom. The Kier molecular flexibility index (Phi) is 5.20. The Bertz CT molecular complexity index is 772. The molecule has 1 atom stereocenters. The molecule has 4 rings (SSSR count). The smallest absolute Gasteiger partial charge is 0.0948 e. The highest BCUT2D eigenvalue weighted by atomic mass is 32.1. The minimum atomic E-state index is 0.442. The van der Waals surface area contributed by atoms with Gasteiger partial charge in [0, 0.05) is 44.5 Å². The van der Waals surface area contributed by atoms with Gasteiger partial charge in [0.05, 0.1) is 30.9 Å². The summed E-state index contributed by atoms with van der Waals surface area (Å²) in [6, 6.07) is 8.14. The van der Waals surface area contributed by atoms with E-state index >= 15 is 0 Å². The van der Waals surface area contributed by atoms with Crippen LogP contribution in [0.2, 0.25) is 0 Å². The molecule has 3 aromatic rings. The SMILES string of the molecule is c1ccc(COC[C@@H]2CN(Cc3ccsc3)Cc3cncn3C2)nc1. The Balaban J connectivity index is 1.40. The van der Waals surface area contributed by atoms with E-state index in [0.717, 1.165) is 38.5 Å². The van der Waals surface area contributed by atoms with E-state index in [4.69, 9.17) is 4.74 Å². The van der Waals surface area contributed by atoms with Gasteiger partial charge in [-0.05, 0) is 34.5 Å². The monoisotopic (exact) mass is 354 g/mol. The van der Waals surface area contributed by atoms with E-state index < -0.39 is 0 Å². The summed E-state index contributed by atoms with van der Waals surface area (Å²) in [5, 5.41) is 4.37. The Labute approximate surface area is 151 Å². The normalized spacial score (nSPS) is 18.0. The zero-order chi connectivity index (χ0) is 16.9. The third kappa shape index (κ3) is 4.34. The maximum absolute atomic E-state index is 5.97. The predicted molar refractivity (Wildman–Crippen MR) is 98.0 cm³/mol. The lowest BCUT2D eigenvalue weighted by atomic mass is 10.1. The second-order valence-corrected chi connectivity index (χ2v) is 7.32. The standard InChI is InChI=1S/C19H22N4OS/c1-2-5-21-18(3-1)13-24-12-17-9-22(8-16-4-6-25-14-16)11-19-7-20-15-23(19)10-17/h1-7,14-15,17H,8-13H2/t17-/m1/s1. The lowest BCUT2D eigenvalue weighted by Gasteiger charge is -2.23. The number of pyridine rings is 1. The van der Waals surface area contributed by atoms with Gasteiger partial charge in [0.15, 0.2) is 0 Å².